The summed E-state index contributed by atoms with van der Waals surface area (Å²) in [5.74, 6) is 0.968. The zero-order valence-corrected chi connectivity index (χ0v) is 13.8. The van der Waals surface area contributed by atoms with Crippen LogP contribution in [0.25, 0.3) is 10.9 Å². The SMILES string of the molecule is CCc1[nH]nc2ccc(O[Si](C)(C)C(C)(C)C)cc12. The first-order valence-corrected chi connectivity index (χ1v) is 9.81. The fourth-order valence-corrected chi connectivity index (χ4v) is 2.85. The van der Waals surface area contributed by atoms with Crippen LogP contribution in [0, 0.1) is 0 Å². The lowest BCUT2D eigenvalue weighted by Gasteiger charge is -2.36. The van der Waals surface area contributed by atoms with E-state index in [9.17, 15) is 0 Å². The Labute approximate surface area is 116 Å². The fourth-order valence-electron chi connectivity index (χ4n) is 1.82. The van der Waals surface area contributed by atoms with E-state index in [1.807, 2.05) is 12.1 Å². The summed E-state index contributed by atoms with van der Waals surface area (Å²) in [6.45, 7) is 13.4. The summed E-state index contributed by atoms with van der Waals surface area (Å²) in [7, 11) is -1.77. The van der Waals surface area contributed by atoms with Gasteiger partial charge in [0.25, 0.3) is 0 Å². The third-order valence-electron chi connectivity index (χ3n) is 4.14. The van der Waals surface area contributed by atoms with E-state index < -0.39 is 8.32 Å². The zero-order chi connectivity index (χ0) is 14.3. The molecule has 0 bridgehead atoms. The van der Waals surface area contributed by atoms with Crippen molar-refractivity contribution in [2.75, 3.05) is 0 Å². The summed E-state index contributed by atoms with van der Waals surface area (Å²) in [5, 5.41) is 8.79. The van der Waals surface area contributed by atoms with Crippen molar-refractivity contribution in [2.45, 2.75) is 52.2 Å². The number of aryl methyl sites for hydroxylation is 1. The van der Waals surface area contributed by atoms with Crippen LogP contribution >= 0.6 is 0 Å². The van der Waals surface area contributed by atoms with E-state index in [1.165, 1.54) is 11.1 Å². The Bertz CT molecular complexity index is 581. The number of aromatic nitrogens is 2. The Morgan fingerprint density at radius 3 is 2.53 bits per heavy atom. The lowest BCUT2D eigenvalue weighted by molar-refractivity contribution is 0.493. The van der Waals surface area contributed by atoms with Crippen LogP contribution in [0.15, 0.2) is 18.2 Å². The number of H-pyrrole nitrogens is 1. The van der Waals surface area contributed by atoms with Crippen LogP contribution in [0.4, 0.5) is 0 Å². The molecule has 0 fully saturated rings. The molecule has 19 heavy (non-hydrogen) atoms. The molecule has 0 aliphatic heterocycles. The van der Waals surface area contributed by atoms with Crippen molar-refractivity contribution >= 4 is 19.2 Å². The maximum absolute atomic E-state index is 6.34. The van der Waals surface area contributed by atoms with Gasteiger partial charge < -0.3 is 4.43 Å². The van der Waals surface area contributed by atoms with Gasteiger partial charge in [0, 0.05) is 11.1 Å². The molecule has 0 aliphatic carbocycles. The molecule has 1 heterocycles. The van der Waals surface area contributed by atoms with E-state index in [2.05, 4.69) is 57.1 Å². The van der Waals surface area contributed by atoms with E-state index in [-0.39, 0.29) is 5.04 Å². The van der Waals surface area contributed by atoms with Crippen LogP contribution < -0.4 is 4.43 Å². The number of fused-ring (bicyclic) bond motifs is 1. The van der Waals surface area contributed by atoms with Gasteiger partial charge >= 0.3 is 0 Å². The molecule has 1 aromatic heterocycles. The molecule has 2 aromatic rings. The van der Waals surface area contributed by atoms with E-state index >= 15 is 0 Å². The molecule has 0 unspecified atom stereocenters. The Kier molecular flexibility index (Phi) is 3.47. The van der Waals surface area contributed by atoms with Crippen molar-refractivity contribution in [1.29, 1.82) is 0 Å². The van der Waals surface area contributed by atoms with Gasteiger partial charge in [0.15, 0.2) is 0 Å². The van der Waals surface area contributed by atoms with Gasteiger partial charge in [-0.2, -0.15) is 5.10 Å². The summed E-state index contributed by atoms with van der Waals surface area (Å²) >= 11 is 0. The van der Waals surface area contributed by atoms with Crippen LogP contribution in [-0.2, 0) is 6.42 Å². The molecule has 1 aromatic carbocycles. The monoisotopic (exact) mass is 276 g/mol. The minimum absolute atomic E-state index is 0.214. The molecule has 0 saturated carbocycles. The number of hydrogen-bond donors (Lipinski definition) is 1. The summed E-state index contributed by atoms with van der Waals surface area (Å²) in [6.07, 6.45) is 0.958. The second-order valence-corrected chi connectivity index (χ2v) is 11.3. The van der Waals surface area contributed by atoms with Crippen molar-refractivity contribution in [3.63, 3.8) is 0 Å². The van der Waals surface area contributed by atoms with E-state index in [1.54, 1.807) is 0 Å². The van der Waals surface area contributed by atoms with Gasteiger partial charge in [0.2, 0.25) is 8.32 Å². The number of nitrogens with one attached hydrogen (secondary N) is 1. The molecule has 0 aliphatic rings. The summed E-state index contributed by atoms with van der Waals surface area (Å²) in [5.41, 5.74) is 2.19. The smallest absolute Gasteiger partial charge is 0.250 e. The van der Waals surface area contributed by atoms with Gasteiger partial charge in [-0.25, -0.2) is 0 Å². The van der Waals surface area contributed by atoms with E-state index in [0.717, 1.165) is 17.7 Å². The first-order chi connectivity index (χ1) is 8.74. The van der Waals surface area contributed by atoms with Crippen molar-refractivity contribution in [3.05, 3.63) is 23.9 Å². The minimum atomic E-state index is -1.77. The molecule has 0 saturated heterocycles. The topological polar surface area (TPSA) is 37.9 Å². The van der Waals surface area contributed by atoms with Crippen LogP contribution in [0.1, 0.15) is 33.4 Å². The number of nitrogens with zero attached hydrogens (tertiary/aromatic N) is 1. The highest BCUT2D eigenvalue weighted by molar-refractivity contribution is 6.74. The Morgan fingerprint density at radius 1 is 1.26 bits per heavy atom. The molecule has 0 radical (unpaired) electrons. The predicted molar refractivity (Wildman–Crippen MR) is 83.3 cm³/mol. The molecule has 0 spiro atoms. The van der Waals surface area contributed by atoms with Crippen LogP contribution in [0.5, 0.6) is 5.75 Å². The van der Waals surface area contributed by atoms with Crippen LogP contribution in [0.2, 0.25) is 18.1 Å². The van der Waals surface area contributed by atoms with Crippen LogP contribution in [0.3, 0.4) is 0 Å². The van der Waals surface area contributed by atoms with Gasteiger partial charge in [-0.05, 0) is 42.8 Å². The quantitative estimate of drug-likeness (QED) is 0.838. The number of rotatable bonds is 3. The Morgan fingerprint density at radius 2 is 1.95 bits per heavy atom. The summed E-state index contributed by atoms with van der Waals surface area (Å²) in [6, 6.07) is 6.19. The first kappa shape index (κ1) is 14.1. The maximum atomic E-state index is 6.34. The summed E-state index contributed by atoms with van der Waals surface area (Å²) in [4.78, 5) is 0. The van der Waals surface area contributed by atoms with Gasteiger partial charge in [-0.1, -0.05) is 27.7 Å². The molecular formula is C15H24N2OSi. The first-order valence-electron chi connectivity index (χ1n) is 6.90. The Hall–Kier alpha value is -1.29. The highest BCUT2D eigenvalue weighted by Gasteiger charge is 2.38. The normalized spacial score (nSPS) is 12.9. The largest absolute Gasteiger partial charge is 0.543 e. The standard InChI is InChI=1S/C15H24N2OSi/c1-7-13-12-10-11(8-9-14(12)17-16-13)18-19(5,6)15(2,3)4/h8-10H,7H2,1-6H3,(H,16,17). The predicted octanol–water partition coefficient (Wildman–Crippen LogP) is 4.51. The van der Waals surface area contributed by atoms with Gasteiger partial charge in [-0.15, -0.1) is 0 Å². The minimum Gasteiger partial charge on any atom is -0.543 e. The number of benzene rings is 1. The molecule has 104 valence electrons. The highest BCUT2D eigenvalue weighted by Crippen LogP contribution is 2.37. The molecule has 0 atom stereocenters. The van der Waals surface area contributed by atoms with Gasteiger partial charge in [0.1, 0.15) is 5.75 Å². The third-order valence-corrected chi connectivity index (χ3v) is 8.50. The van der Waals surface area contributed by atoms with Crippen molar-refractivity contribution in [2.24, 2.45) is 0 Å². The van der Waals surface area contributed by atoms with Crippen molar-refractivity contribution < 1.29 is 4.43 Å². The van der Waals surface area contributed by atoms with Crippen molar-refractivity contribution in [1.82, 2.24) is 10.2 Å². The molecule has 2 rings (SSSR count). The third kappa shape index (κ3) is 2.68. The molecule has 0 amide bonds. The average Bonchev–Trinajstić information content (AvgIpc) is 2.69. The van der Waals surface area contributed by atoms with E-state index in [4.69, 9.17) is 4.43 Å². The molecule has 1 N–H and O–H groups in total. The fraction of sp³-hybridized carbons (Fsp3) is 0.533. The molecule has 4 heteroatoms. The lowest BCUT2D eigenvalue weighted by Crippen LogP contribution is -2.43. The lowest BCUT2D eigenvalue weighted by atomic mass is 10.2. The molecule has 3 nitrogen and oxygen atoms in total. The van der Waals surface area contributed by atoms with Gasteiger partial charge in [-0.3, -0.25) is 5.10 Å². The average molecular weight is 276 g/mol. The van der Waals surface area contributed by atoms with Gasteiger partial charge in [0.05, 0.1) is 5.52 Å². The molecular weight excluding hydrogens is 252 g/mol. The number of aromatic amines is 1. The maximum Gasteiger partial charge on any atom is 0.250 e. The highest BCUT2D eigenvalue weighted by atomic mass is 28.4. The number of hydrogen-bond acceptors (Lipinski definition) is 2. The zero-order valence-electron chi connectivity index (χ0n) is 12.8. The van der Waals surface area contributed by atoms with Crippen molar-refractivity contribution in [3.8, 4) is 5.75 Å². The van der Waals surface area contributed by atoms with E-state index in [0.29, 0.717) is 0 Å². The summed E-state index contributed by atoms with van der Waals surface area (Å²) < 4.78 is 6.34. The second kappa shape index (κ2) is 4.67. The second-order valence-electron chi connectivity index (χ2n) is 6.60. The van der Waals surface area contributed by atoms with Crippen LogP contribution in [-0.4, -0.2) is 18.5 Å². The Balaban J connectivity index is 2.36.